The minimum absolute atomic E-state index is 0.0591. The van der Waals surface area contributed by atoms with E-state index >= 15 is 0 Å². The number of nitrogens with one attached hydrogen (secondary N) is 1. The van der Waals surface area contributed by atoms with Crippen molar-refractivity contribution < 1.29 is 27.4 Å². The van der Waals surface area contributed by atoms with Crippen LogP contribution in [0.5, 0.6) is 17.2 Å². The van der Waals surface area contributed by atoms with Gasteiger partial charge in [0.05, 0.1) is 38.8 Å². The van der Waals surface area contributed by atoms with Crippen LogP contribution in [0.4, 0.5) is 0 Å². The molecule has 1 atom stereocenters. The largest absolute Gasteiger partial charge is 0.493 e. The fourth-order valence-electron chi connectivity index (χ4n) is 3.46. The predicted molar refractivity (Wildman–Crippen MR) is 111 cm³/mol. The van der Waals surface area contributed by atoms with E-state index in [0.29, 0.717) is 35.8 Å². The zero-order valence-corrected chi connectivity index (χ0v) is 18.1. The summed E-state index contributed by atoms with van der Waals surface area (Å²) in [4.78, 5) is 13.3. The van der Waals surface area contributed by atoms with Gasteiger partial charge in [0.2, 0.25) is 5.75 Å². The van der Waals surface area contributed by atoms with Gasteiger partial charge < -0.3 is 19.5 Å². The molecule has 0 bridgehead atoms. The lowest BCUT2D eigenvalue weighted by Gasteiger charge is -2.26. The lowest BCUT2D eigenvalue weighted by Crippen LogP contribution is -2.46. The van der Waals surface area contributed by atoms with E-state index in [2.05, 4.69) is 5.32 Å². The molecule has 30 heavy (non-hydrogen) atoms. The van der Waals surface area contributed by atoms with E-state index in [1.54, 1.807) is 30.3 Å². The average Bonchev–Trinajstić information content (AvgIpc) is 3.31. The predicted octanol–water partition coefficient (Wildman–Crippen LogP) is 2.18. The monoisotopic (exact) mass is 434 g/mol. The van der Waals surface area contributed by atoms with E-state index < -0.39 is 22.0 Å². The molecule has 0 aromatic heterocycles. The molecule has 0 radical (unpaired) electrons. The second kappa shape index (κ2) is 9.36. The van der Waals surface area contributed by atoms with Gasteiger partial charge in [-0.1, -0.05) is 18.2 Å². The molecule has 1 N–H and O–H groups in total. The Morgan fingerprint density at radius 1 is 1.07 bits per heavy atom. The Morgan fingerprint density at radius 3 is 2.20 bits per heavy atom. The van der Waals surface area contributed by atoms with E-state index in [1.807, 2.05) is 0 Å². The summed E-state index contributed by atoms with van der Waals surface area (Å²) < 4.78 is 43.7. The van der Waals surface area contributed by atoms with Gasteiger partial charge in [-0.05, 0) is 49.2 Å². The summed E-state index contributed by atoms with van der Waals surface area (Å²) in [6, 6.07) is 10.7. The van der Waals surface area contributed by atoms with Crippen molar-refractivity contribution in [2.75, 3.05) is 27.9 Å². The number of nitrogens with zero attached hydrogens (tertiary/aromatic N) is 1. The molecular formula is C21H26N2O6S. The summed E-state index contributed by atoms with van der Waals surface area (Å²) >= 11 is 0. The van der Waals surface area contributed by atoms with Crippen molar-refractivity contribution in [2.45, 2.75) is 30.3 Å². The number of amides is 1. The Kier molecular flexibility index (Phi) is 6.84. The average molecular weight is 435 g/mol. The van der Waals surface area contributed by atoms with Crippen LogP contribution in [0.1, 0.15) is 18.4 Å². The number of rotatable bonds is 8. The maximum Gasteiger partial charge on any atom is 0.266 e. The van der Waals surface area contributed by atoms with Crippen LogP contribution in [0.15, 0.2) is 47.4 Å². The van der Waals surface area contributed by atoms with Gasteiger partial charge in [-0.15, -0.1) is 0 Å². The molecule has 0 saturated carbocycles. The fourth-order valence-corrected chi connectivity index (χ4v) is 4.90. The van der Waals surface area contributed by atoms with Crippen molar-refractivity contribution in [1.82, 2.24) is 9.62 Å². The van der Waals surface area contributed by atoms with Gasteiger partial charge >= 0.3 is 0 Å². The third kappa shape index (κ3) is 4.36. The Bertz CT molecular complexity index is 963. The Balaban J connectivity index is 2.04. The summed E-state index contributed by atoms with van der Waals surface area (Å²) in [5.41, 5.74) is 0.537. The van der Waals surface area contributed by atoms with Crippen molar-refractivity contribution in [3.63, 3.8) is 0 Å². The molecule has 8 nitrogen and oxygen atoms in total. The molecule has 0 spiro atoms. The first-order valence-electron chi connectivity index (χ1n) is 9.56. The van der Waals surface area contributed by atoms with Crippen LogP contribution in [0.2, 0.25) is 0 Å². The standard InChI is InChI=1S/C21H26N2O6S/c1-27-18-12-15(13-19(28-2)20(18)29-3)14-23(21(24)17-10-7-11-22-17)30(25,26)16-8-5-4-6-9-16/h4-6,8-9,12-13,17,22H,7,10-11,14H2,1-3H3. The summed E-state index contributed by atoms with van der Waals surface area (Å²) in [7, 11) is 0.386. The molecule has 2 aromatic carbocycles. The molecular weight excluding hydrogens is 408 g/mol. The smallest absolute Gasteiger partial charge is 0.266 e. The van der Waals surface area contributed by atoms with Crippen LogP contribution >= 0.6 is 0 Å². The molecule has 162 valence electrons. The number of carbonyl (C=O) groups is 1. The molecule has 3 rings (SSSR count). The maximum absolute atomic E-state index is 13.4. The van der Waals surface area contributed by atoms with E-state index in [0.717, 1.165) is 10.7 Å². The molecule has 1 heterocycles. The molecule has 1 unspecified atom stereocenters. The van der Waals surface area contributed by atoms with Crippen LogP contribution in [-0.4, -0.2) is 52.5 Å². The minimum atomic E-state index is -4.06. The van der Waals surface area contributed by atoms with Gasteiger partial charge in [-0.25, -0.2) is 12.7 Å². The number of sulfonamides is 1. The van der Waals surface area contributed by atoms with Crippen molar-refractivity contribution in [3.05, 3.63) is 48.0 Å². The van der Waals surface area contributed by atoms with E-state index in [9.17, 15) is 13.2 Å². The highest BCUT2D eigenvalue weighted by atomic mass is 32.2. The summed E-state index contributed by atoms with van der Waals surface area (Å²) in [5.74, 6) is 0.681. The van der Waals surface area contributed by atoms with Gasteiger partial charge in [0, 0.05) is 0 Å². The van der Waals surface area contributed by atoms with Gasteiger partial charge in [0.25, 0.3) is 15.9 Å². The molecule has 1 saturated heterocycles. The van der Waals surface area contributed by atoms with E-state index in [1.165, 1.54) is 33.5 Å². The number of carbonyl (C=O) groups excluding carboxylic acids is 1. The first-order chi connectivity index (χ1) is 14.4. The number of benzene rings is 2. The number of hydrogen-bond donors (Lipinski definition) is 1. The van der Waals surface area contributed by atoms with Crippen LogP contribution in [-0.2, 0) is 21.4 Å². The number of hydrogen-bond acceptors (Lipinski definition) is 7. The fraction of sp³-hybridized carbons (Fsp3) is 0.381. The minimum Gasteiger partial charge on any atom is -0.493 e. The van der Waals surface area contributed by atoms with Crippen molar-refractivity contribution in [1.29, 1.82) is 0 Å². The summed E-state index contributed by atoms with van der Waals surface area (Å²) in [6.45, 7) is 0.519. The number of ether oxygens (including phenoxy) is 3. The third-order valence-electron chi connectivity index (χ3n) is 4.99. The zero-order valence-electron chi connectivity index (χ0n) is 17.3. The highest BCUT2D eigenvalue weighted by Crippen LogP contribution is 2.39. The Morgan fingerprint density at radius 2 is 1.70 bits per heavy atom. The Hall–Kier alpha value is -2.78. The molecule has 1 amide bonds. The molecule has 2 aromatic rings. The highest BCUT2D eigenvalue weighted by Gasteiger charge is 2.35. The van der Waals surface area contributed by atoms with Crippen molar-refractivity contribution >= 4 is 15.9 Å². The van der Waals surface area contributed by atoms with Crippen LogP contribution in [0.25, 0.3) is 0 Å². The molecule has 1 aliphatic heterocycles. The topological polar surface area (TPSA) is 94.2 Å². The first kappa shape index (κ1) is 21.9. The van der Waals surface area contributed by atoms with E-state index in [4.69, 9.17) is 14.2 Å². The van der Waals surface area contributed by atoms with Crippen molar-refractivity contribution in [3.8, 4) is 17.2 Å². The van der Waals surface area contributed by atoms with Gasteiger partial charge in [0.1, 0.15) is 0 Å². The van der Waals surface area contributed by atoms with E-state index in [-0.39, 0.29) is 11.4 Å². The SMILES string of the molecule is COc1cc(CN(C(=O)C2CCCN2)S(=O)(=O)c2ccccc2)cc(OC)c1OC. The second-order valence-electron chi connectivity index (χ2n) is 6.85. The molecule has 9 heteroatoms. The lowest BCUT2D eigenvalue weighted by molar-refractivity contribution is -0.128. The number of methoxy groups -OCH3 is 3. The quantitative estimate of drug-likeness (QED) is 0.681. The first-order valence-corrected chi connectivity index (χ1v) is 11.0. The van der Waals surface area contributed by atoms with Crippen LogP contribution in [0, 0.1) is 0 Å². The second-order valence-corrected chi connectivity index (χ2v) is 8.71. The highest BCUT2D eigenvalue weighted by molar-refractivity contribution is 7.89. The third-order valence-corrected chi connectivity index (χ3v) is 6.74. The Labute approximate surface area is 176 Å². The van der Waals surface area contributed by atoms with Crippen molar-refractivity contribution in [2.24, 2.45) is 0 Å². The van der Waals surface area contributed by atoms with Crippen LogP contribution in [0.3, 0.4) is 0 Å². The lowest BCUT2D eigenvalue weighted by atomic mass is 10.1. The van der Waals surface area contributed by atoms with Crippen LogP contribution < -0.4 is 19.5 Å². The van der Waals surface area contributed by atoms with Gasteiger partial charge in [-0.3, -0.25) is 4.79 Å². The summed E-state index contributed by atoms with van der Waals surface area (Å²) in [6.07, 6.45) is 1.41. The maximum atomic E-state index is 13.4. The van der Waals surface area contributed by atoms with Gasteiger partial charge in [0.15, 0.2) is 11.5 Å². The molecule has 1 aliphatic rings. The van der Waals surface area contributed by atoms with Gasteiger partial charge in [-0.2, -0.15) is 0 Å². The normalized spacial score (nSPS) is 16.2. The summed E-state index contributed by atoms with van der Waals surface area (Å²) in [5, 5.41) is 3.08. The molecule has 0 aliphatic carbocycles. The molecule has 1 fully saturated rings. The zero-order chi connectivity index (χ0) is 21.7.